The Balaban J connectivity index is 1.70. The number of rotatable bonds is 9. The number of guanidine groups is 1. The number of benzene rings is 2. The van der Waals surface area contributed by atoms with Crippen LogP contribution >= 0.6 is 0 Å². The van der Waals surface area contributed by atoms with Crippen LogP contribution < -0.4 is 10.6 Å². The first kappa shape index (κ1) is 20.9. The van der Waals surface area contributed by atoms with Gasteiger partial charge in [-0.25, -0.2) is 4.39 Å². The first-order valence-electron chi connectivity index (χ1n) is 9.06. The molecular weight excluding hydrogens is 345 g/mol. The van der Waals surface area contributed by atoms with Crippen LogP contribution in [-0.2, 0) is 24.5 Å². The summed E-state index contributed by atoms with van der Waals surface area (Å²) in [6.45, 7) is 4.27. The maximum Gasteiger partial charge on any atom is 0.191 e. The molecule has 0 aliphatic rings. The van der Waals surface area contributed by atoms with Crippen molar-refractivity contribution >= 4 is 5.96 Å². The summed E-state index contributed by atoms with van der Waals surface area (Å²) >= 11 is 0. The highest BCUT2D eigenvalue weighted by atomic mass is 19.1. The molecule has 146 valence electrons. The van der Waals surface area contributed by atoms with Crippen LogP contribution in [0.2, 0.25) is 0 Å². The summed E-state index contributed by atoms with van der Waals surface area (Å²) in [4.78, 5) is 4.19. The number of halogens is 1. The van der Waals surface area contributed by atoms with Gasteiger partial charge in [0.25, 0.3) is 0 Å². The van der Waals surface area contributed by atoms with Crippen molar-refractivity contribution in [1.29, 1.82) is 0 Å². The predicted octanol–water partition coefficient (Wildman–Crippen LogP) is 2.84. The van der Waals surface area contributed by atoms with Crippen molar-refractivity contribution < 1.29 is 14.2 Å². The van der Waals surface area contributed by atoms with Crippen LogP contribution in [0.25, 0.3) is 0 Å². The van der Waals surface area contributed by atoms with Gasteiger partial charge >= 0.3 is 0 Å². The van der Waals surface area contributed by atoms with Crippen molar-refractivity contribution in [3.63, 3.8) is 0 Å². The van der Waals surface area contributed by atoms with Crippen LogP contribution in [0.3, 0.4) is 0 Å². The molecular formula is C21H28FN3O2. The van der Waals surface area contributed by atoms with Crippen LogP contribution in [0.15, 0.2) is 53.5 Å². The van der Waals surface area contributed by atoms with Gasteiger partial charge < -0.3 is 20.5 Å². The molecule has 2 aromatic rings. The molecule has 0 saturated heterocycles. The van der Waals surface area contributed by atoms with Gasteiger partial charge in [-0.3, -0.25) is 4.99 Å². The van der Waals surface area contributed by atoms with Crippen molar-refractivity contribution in [3.05, 3.63) is 71.0 Å². The van der Waals surface area contributed by atoms with E-state index in [4.69, 9.17) is 9.84 Å². The monoisotopic (exact) mass is 373 g/mol. The molecule has 0 fully saturated rings. The van der Waals surface area contributed by atoms with Gasteiger partial charge in [0, 0.05) is 25.7 Å². The third-order valence-corrected chi connectivity index (χ3v) is 4.10. The van der Waals surface area contributed by atoms with Crippen molar-refractivity contribution in [3.8, 4) is 0 Å². The van der Waals surface area contributed by atoms with Gasteiger partial charge in [-0.15, -0.1) is 0 Å². The van der Waals surface area contributed by atoms with E-state index in [1.807, 2.05) is 30.3 Å². The summed E-state index contributed by atoms with van der Waals surface area (Å²) in [5, 5.41) is 15.6. The van der Waals surface area contributed by atoms with E-state index in [0.29, 0.717) is 37.2 Å². The Labute approximate surface area is 160 Å². The van der Waals surface area contributed by atoms with Crippen LogP contribution in [0.1, 0.15) is 23.6 Å². The van der Waals surface area contributed by atoms with Gasteiger partial charge in [-0.2, -0.15) is 0 Å². The molecule has 3 N–H and O–H groups in total. The Morgan fingerprint density at radius 2 is 1.93 bits per heavy atom. The van der Waals surface area contributed by atoms with E-state index < -0.39 is 5.82 Å². The van der Waals surface area contributed by atoms with Crippen molar-refractivity contribution in [2.24, 2.45) is 10.9 Å². The van der Waals surface area contributed by atoms with Gasteiger partial charge in [-0.05, 0) is 29.2 Å². The molecule has 0 saturated carbocycles. The molecule has 0 bridgehead atoms. The zero-order chi connectivity index (χ0) is 19.5. The maximum atomic E-state index is 13.4. The van der Waals surface area contributed by atoms with Gasteiger partial charge in [0.1, 0.15) is 5.82 Å². The van der Waals surface area contributed by atoms with Crippen molar-refractivity contribution in [1.82, 2.24) is 10.6 Å². The molecule has 1 unspecified atom stereocenters. The van der Waals surface area contributed by atoms with Crippen molar-refractivity contribution in [2.75, 3.05) is 20.2 Å². The fraction of sp³-hybridized carbons (Fsp3) is 0.381. The lowest BCUT2D eigenvalue weighted by Gasteiger charge is -2.16. The molecule has 1 atom stereocenters. The Bertz CT molecular complexity index is 723. The molecule has 0 amide bonds. The second-order valence-corrected chi connectivity index (χ2v) is 6.50. The van der Waals surface area contributed by atoms with Gasteiger partial charge in [0.15, 0.2) is 5.96 Å². The number of ether oxygens (including phenoxy) is 1. The van der Waals surface area contributed by atoms with Crippen molar-refractivity contribution in [2.45, 2.75) is 26.7 Å². The largest absolute Gasteiger partial charge is 0.392 e. The molecule has 0 aliphatic carbocycles. The maximum absolute atomic E-state index is 13.4. The zero-order valence-electron chi connectivity index (χ0n) is 15.9. The summed E-state index contributed by atoms with van der Waals surface area (Å²) in [6.07, 6.45) is 0. The van der Waals surface area contributed by atoms with E-state index in [2.05, 4.69) is 22.5 Å². The fourth-order valence-corrected chi connectivity index (χ4v) is 2.55. The number of aliphatic hydroxyl groups is 1. The average Bonchev–Trinajstić information content (AvgIpc) is 2.70. The Kier molecular flexibility index (Phi) is 8.74. The smallest absolute Gasteiger partial charge is 0.191 e. The van der Waals surface area contributed by atoms with Crippen LogP contribution in [0.4, 0.5) is 4.39 Å². The predicted molar refractivity (Wildman–Crippen MR) is 106 cm³/mol. The number of nitrogens with zero attached hydrogens (tertiary/aromatic N) is 1. The second-order valence-electron chi connectivity index (χ2n) is 6.50. The van der Waals surface area contributed by atoms with E-state index in [-0.39, 0.29) is 6.61 Å². The van der Waals surface area contributed by atoms with E-state index in [9.17, 15) is 4.39 Å². The molecule has 0 aliphatic heterocycles. The Hall–Kier alpha value is -2.44. The number of aliphatic hydroxyl groups excluding tert-OH is 1. The summed E-state index contributed by atoms with van der Waals surface area (Å²) in [7, 11) is 1.70. The Morgan fingerprint density at radius 1 is 1.15 bits per heavy atom. The molecule has 0 heterocycles. The quantitative estimate of drug-likeness (QED) is 0.467. The van der Waals surface area contributed by atoms with E-state index in [1.165, 1.54) is 6.07 Å². The van der Waals surface area contributed by atoms with E-state index in [1.54, 1.807) is 19.2 Å². The third kappa shape index (κ3) is 7.37. The molecule has 0 spiro atoms. The van der Waals surface area contributed by atoms with Gasteiger partial charge in [-0.1, -0.05) is 43.3 Å². The lowest BCUT2D eigenvalue weighted by molar-refractivity contribution is 0.0931. The van der Waals surface area contributed by atoms with Gasteiger partial charge in [0.05, 0.1) is 19.8 Å². The average molecular weight is 373 g/mol. The number of nitrogens with one attached hydrogen (secondary N) is 2. The van der Waals surface area contributed by atoms with Crippen LogP contribution in [-0.4, -0.2) is 31.3 Å². The standard InChI is InChI=1S/C21H28FN3O2/c1-16(14-27-15-17-6-4-3-5-7-17)11-24-21(23-2)25-12-18-8-9-20(22)19(10-18)13-26/h3-10,16,26H,11-15H2,1-2H3,(H2,23,24,25). The fourth-order valence-electron chi connectivity index (χ4n) is 2.55. The number of aliphatic imine (C=N–C) groups is 1. The lowest BCUT2D eigenvalue weighted by atomic mass is 10.1. The minimum absolute atomic E-state index is 0.293. The number of hydrogen-bond acceptors (Lipinski definition) is 3. The van der Waals surface area contributed by atoms with Gasteiger partial charge in [0.2, 0.25) is 0 Å². The zero-order valence-corrected chi connectivity index (χ0v) is 15.9. The second kappa shape index (κ2) is 11.3. The number of hydrogen-bond donors (Lipinski definition) is 3. The molecule has 2 aromatic carbocycles. The summed E-state index contributed by atoms with van der Waals surface area (Å²) in [6, 6.07) is 14.8. The first-order valence-corrected chi connectivity index (χ1v) is 9.06. The normalized spacial score (nSPS) is 12.7. The minimum atomic E-state index is -0.395. The lowest BCUT2D eigenvalue weighted by Crippen LogP contribution is -2.39. The highest BCUT2D eigenvalue weighted by molar-refractivity contribution is 5.79. The molecule has 2 rings (SSSR count). The van der Waals surface area contributed by atoms with E-state index >= 15 is 0 Å². The van der Waals surface area contributed by atoms with E-state index in [0.717, 1.165) is 17.7 Å². The molecule has 27 heavy (non-hydrogen) atoms. The minimum Gasteiger partial charge on any atom is -0.392 e. The van der Waals surface area contributed by atoms with Crippen LogP contribution in [0, 0.1) is 11.7 Å². The topological polar surface area (TPSA) is 65.9 Å². The third-order valence-electron chi connectivity index (χ3n) is 4.10. The summed E-state index contributed by atoms with van der Waals surface area (Å²) in [5.41, 5.74) is 2.33. The highest BCUT2D eigenvalue weighted by Crippen LogP contribution is 2.10. The Morgan fingerprint density at radius 3 is 2.63 bits per heavy atom. The van der Waals surface area contributed by atoms with Crippen LogP contribution in [0.5, 0.6) is 0 Å². The summed E-state index contributed by atoms with van der Waals surface area (Å²) < 4.78 is 19.2. The molecule has 5 nitrogen and oxygen atoms in total. The first-order chi connectivity index (χ1) is 13.1. The molecule has 0 radical (unpaired) electrons. The molecule has 6 heteroatoms. The summed E-state index contributed by atoms with van der Waals surface area (Å²) in [5.74, 6) is 0.590. The SMILES string of the molecule is CN=C(NCc1ccc(F)c(CO)c1)NCC(C)COCc1ccccc1. The molecule has 0 aromatic heterocycles. The highest BCUT2D eigenvalue weighted by Gasteiger charge is 2.06.